The molecule has 6 nitrogen and oxygen atoms in total. The molecule has 2 amide bonds. The lowest BCUT2D eigenvalue weighted by molar-refractivity contribution is -0.144. The number of ether oxygens (including phenoxy) is 2. The van der Waals surface area contributed by atoms with Gasteiger partial charge in [-0.1, -0.05) is 35.9 Å². The van der Waals surface area contributed by atoms with E-state index in [9.17, 15) is 9.59 Å². The van der Waals surface area contributed by atoms with Gasteiger partial charge in [0.15, 0.2) is 0 Å². The standard InChI is InChI=1S/C19H21ClN2O4/c1-25-16-8-2-13(3-9-16)10-11-26-18(23)12-17(22-19(21)24)14-4-6-15(20)7-5-14/h2-9,17H,10-12H2,1H3,(H3,21,22,24)/t17-/m1/s1. The maximum Gasteiger partial charge on any atom is 0.312 e. The van der Waals surface area contributed by atoms with E-state index in [0.29, 0.717) is 11.4 Å². The number of rotatable bonds is 8. The number of amides is 2. The van der Waals surface area contributed by atoms with Gasteiger partial charge in [0.1, 0.15) is 5.75 Å². The normalized spacial score (nSPS) is 11.5. The number of hydrogen-bond donors (Lipinski definition) is 2. The molecule has 0 bridgehead atoms. The molecule has 2 rings (SSSR count). The van der Waals surface area contributed by atoms with Crippen LogP contribution in [0.3, 0.4) is 0 Å². The summed E-state index contributed by atoms with van der Waals surface area (Å²) in [5, 5.41) is 3.11. The molecule has 0 aromatic heterocycles. The van der Waals surface area contributed by atoms with Crippen LogP contribution < -0.4 is 15.8 Å². The van der Waals surface area contributed by atoms with E-state index in [-0.39, 0.29) is 13.0 Å². The van der Waals surface area contributed by atoms with Crippen LogP contribution >= 0.6 is 11.6 Å². The monoisotopic (exact) mass is 376 g/mol. The van der Waals surface area contributed by atoms with Gasteiger partial charge in [0.05, 0.1) is 26.2 Å². The number of esters is 1. The minimum absolute atomic E-state index is 0.0206. The van der Waals surface area contributed by atoms with E-state index < -0.39 is 18.0 Å². The second-order valence-electron chi connectivity index (χ2n) is 5.64. The van der Waals surface area contributed by atoms with Crippen molar-refractivity contribution in [2.45, 2.75) is 18.9 Å². The highest BCUT2D eigenvalue weighted by atomic mass is 35.5. The first-order chi connectivity index (χ1) is 12.5. The molecule has 7 heteroatoms. The van der Waals surface area contributed by atoms with Gasteiger partial charge in [-0.2, -0.15) is 0 Å². The fourth-order valence-corrected chi connectivity index (χ4v) is 2.55. The summed E-state index contributed by atoms with van der Waals surface area (Å²) in [5.41, 5.74) is 6.95. The van der Waals surface area contributed by atoms with Crippen molar-refractivity contribution < 1.29 is 19.1 Å². The van der Waals surface area contributed by atoms with Crippen LogP contribution in [-0.2, 0) is 16.0 Å². The van der Waals surface area contributed by atoms with Crippen molar-refractivity contribution in [2.24, 2.45) is 5.73 Å². The first kappa shape index (κ1) is 19.6. The maximum atomic E-state index is 12.1. The molecule has 138 valence electrons. The lowest BCUT2D eigenvalue weighted by Gasteiger charge is -2.17. The number of carbonyl (C=O) groups excluding carboxylic acids is 2. The quantitative estimate of drug-likeness (QED) is 0.692. The molecule has 1 atom stereocenters. The van der Waals surface area contributed by atoms with Gasteiger partial charge in [-0.3, -0.25) is 4.79 Å². The van der Waals surface area contributed by atoms with Crippen molar-refractivity contribution in [2.75, 3.05) is 13.7 Å². The van der Waals surface area contributed by atoms with E-state index in [1.807, 2.05) is 24.3 Å². The summed E-state index contributed by atoms with van der Waals surface area (Å²) < 4.78 is 10.4. The molecule has 0 radical (unpaired) electrons. The molecule has 0 aliphatic heterocycles. The summed E-state index contributed by atoms with van der Waals surface area (Å²) in [6.45, 7) is 0.245. The van der Waals surface area contributed by atoms with E-state index in [4.69, 9.17) is 26.8 Å². The molecule has 2 aromatic carbocycles. The Morgan fingerprint density at radius 1 is 1.12 bits per heavy atom. The number of nitrogens with one attached hydrogen (secondary N) is 1. The lowest BCUT2D eigenvalue weighted by atomic mass is 10.0. The Hall–Kier alpha value is -2.73. The molecule has 0 aliphatic rings. The number of methoxy groups -OCH3 is 1. The number of hydrogen-bond acceptors (Lipinski definition) is 4. The average Bonchev–Trinajstić information content (AvgIpc) is 2.62. The van der Waals surface area contributed by atoms with Crippen LogP contribution in [0, 0.1) is 0 Å². The molecule has 2 aromatic rings. The predicted octanol–water partition coefficient (Wildman–Crippen LogP) is 3.23. The van der Waals surface area contributed by atoms with Crippen LogP contribution in [-0.4, -0.2) is 25.7 Å². The third-order valence-electron chi connectivity index (χ3n) is 3.77. The van der Waals surface area contributed by atoms with Crippen LogP contribution in [0.25, 0.3) is 0 Å². The molecule has 0 saturated carbocycles. The van der Waals surface area contributed by atoms with Gasteiger partial charge < -0.3 is 20.5 Å². The summed E-state index contributed by atoms with van der Waals surface area (Å²) in [7, 11) is 1.61. The van der Waals surface area contributed by atoms with Crippen molar-refractivity contribution >= 4 is 23.6 Å². The number of halogens is 1. The topological polar surface area (TPSA) is 90.7 Å². The summed E-state index contributed by atoms with van der Waals surface area (Å²) in [6, 6.07) is 13.1. The third-order valence-corrected chi connectivity index (χ3v) is 4.02. The molecular weight excluding hydrogens is 356 g/mol. The zero-order chi connectivity index (χ0) is 18.9. The molecule has 26 heavy (non-hydrogen) atoms. The number of primary amides is 1. The van der Waals surface area contributed by atoms with E-state index in [1.165, 1.54) is 0 Å². The fourth-order valence-electron chi connectivity index (χ4n) is 2.42. The smallest absolute Gasteiger partial charge is 0.312 e. The van der Waals surface area contributed by atoms with Gasteiger partial charge >= 0.3 is 12.0 Å². The van der Waals surface area contributed by atoms with Gasteiger partial charge in [-0.05, 0) is 35.4 Å². The van der Waals surface area contributed by atoms with Crippen LogP contribution in [0.5, 0.6) is 5.75 Å². The summed E-state index contributed by atoms with van der Waals surface area (Å²) in [6.07, 6.45) is 0.567. The Morgan fingerprint density at radius 2 is 1.77 bits per heavy atom. The van der Waals surface area contributed by atoms with Crippen molar-refractivity contribution in [1.82, 2.24) is 5.32 Å². The molecule has 0 spiro atoms. The summed E-state index contributed by atoms with van der Waals surface area (Å²) in [4.78, 5) is 23.3. The van der Waals surface area contributed by atoms with E-state index in [1.54, 1.807) is 31.4 Å². The SMILES string of the molecule is COc1ccc(CCOC(=O)C[C@@H](NC(N)=O)c2ccc(Cl)cc2)cc1. The average molecular weight is 377 g/mol. The van der Waals surface area contributed by atoms with Crippen molar-refractivity contribution in [3.8, 4) is 5.75 Å². The number of carbonyl (C=O) groups is 2. The van der Waals surface area contributed by atoms with Crippen LogP contribution in [0.4, 0.5) is 4.79 Å². The minimum atomic E-state index is -0.712. The van der Waals surface area contributed by atoms with Crippen LogP contribution in [0.15, 0.2) is 48.5 Å². The minimum Gasteiger partial charge on any atom is -0.497 e. The predicted molar refractivity (Wildman–Crippen MR) is 99.2 cm³/mol. The summed E-state index contributed by atoms with van der Waals surface area (Å²) >= 11 is 5.86. The Labute approximate surface area is 157 Å². The Morgan fingerprint density at radius 3 is 2.35 bits per heavy atom. The third kappa shape index (κ3) is 6.29. The van der Waals surface area contributed by atoms with Crippen molar-refractivity contribution in [1.29, 1.82) is 0 Å². The molecule has 0 heterocycles. The molecule has 3 N–H and O–H groups in total. The first-order valence-corrected chi connectivity index (χ1v) is 8.45. The zero-order valence-corrected chi connectivity index (χ0v) is 15.2. The Kier molecular flexibility index (Phi) is 7.29. The van der Waals surface area contributed by atoms with Gasteiger partial charge in [0.25, 0.3) is 0 Å². The Bertz CT molecular complexity index is 732. The molecule has 0 unspecified atom stereocenters. The fraction of sp³-hybridized carbons (Fsp3) is 0.263. The van der Waals surface area contributed by atoms with Gasteiger partial charge in [0, 0.05) is 11.4 Å². The second-order valence-corrected chi connectivity index (χ2v) is 6.07. The van der Waals surface area contributed by atoms with Crippen LogP contribution in [0.1, 0.15) is 23.6 Å². The number of nitrogens with two attached hydrogens (primary N) is 1. The number of benzene rings is 2. The highest BCUT2D eigenvalue weighted by Gasteiger charge is 2.18. The van der Waals surface area contributed by atoms with Crippen LogP contribution in [0.2, 0.25) is 5.02 Å². The van der Waals surface area contributed by atoms with Crippen molar-refractivity contribution in [3.63, 3.8) is 0 Å². The largest absolute Gasteiger partial charge is 0.497 e. The van der Waals surface area contributed by atoms with Crippen molar-refractivity contribution in [3.05, 3.63) is 64.7 Å². The van der Waals surface area contributed by atoms with E-state index in [2.05, 4.69) is 5.32 Å². The Balaban J connectivity index is 1.87. The van der Waals surface area contributed by atoms with Gasteiger partial charge in [-0.25, -0.2) is 4.79 Å². The second kappa shape index (κ2) is 9.68. The number of urea groups is 1. The summed E-state index contributed by atoms with van der Waals surface area (Å²) in [5.74, 6) is 0.348. The maximum absolute atomic E-state index is 12.1. The van der Waals surface area contributed by atoms with Gasteiger partial charge in [0.2, 0.25) is 0 Å². The lowest BCUT2D eigenvalue weighted by Crippen LogP contribution is -2.34. The highest BCUT2D eigenvalue weighted by Crippen LogP contribution is 2.20. The zero-order valence-electron chi connectivity index (χ0n) is 14.4. The molecular formula is C19H21ClN2O4. The molecule has 0 saturated heterocycles. The molecule has 0 fully saturated rings. The molecule has 0 aliphatic carbocycles. The van der Waals surface area contributed by atoms with E-state index >= 15 is 0 Å². The van der Waals surface area contributed by atoms with Gasteiger partial charge in [-0.15, -0.1) is 0 Å². The first-order valence-electron chi connectivity index (χ1n) is 8.08. The van der Waals surface area contributed by atoms with E-state index in [0.717, 1.165) is 16.9 Å². The highest BCUT2D eigenvalue weighted by molar-refractivity contribution is 6.30.